The molecule has 2 nitrogen and oxygen atoms in total. The molecule has 0 saturated heterocycles. The van der Waals surface area contributed by atoms with Crippen LogP contribution < -0.4 is 17.0 Å². The lowest BCUT2D eigenvalue weighted by molar-refractivity contribution is -0.910. The van der Waals surface area contributed by atoms with Gasteiger partial charge in [-0.25, -0.2) is 0 Å². The maximum atomic E-state index is 9.26. The Kier molecular flexibility index (Phi) is 17.9. The van der Waals surface area contributed by atoms with Crippen molar-refractivity contribution >= 4 is 0 Å². The molecule has 0 aliphatic rings. The maximum Gasteiger partial charge on any atom is 0.102 e. The lowest BCUT2D eigenvalue weighted by atomic mass is 10.1. The van der Waals surface area contributed by atoms with Crippen molar-refractivity contribution < 1.29 is 26.6 Å². The van der Waals surface area contributed by atoms with Gasteiger partial charge in [0.2, 0.25) is 0 Å². The fourth-order valence-electron chi connectivity index (χ4n) is 2.77. The fraction of sp³-hybridized carbons (Fsp3) is 1.00. The zero-order chi connectivity index (χ0) is 14.4. The Labute approximate surface area is 138 Å². The van der Waals surface area contributed by atoms with Gasteiger partial charge in [-0.3, -0.25) is 0 Å². The van der Waals surface area contributed by atoms with Crippen LogP contribution in [0.25, 0.3) is 0 Å². The molecule has 0 aromatic heterocycles. The van der Waals surface area contributed by atoms with Gasteiger partial charge in [-0.1, -0.05) is 52.4 Å². The highest BCUT2D eigenvalue weighted by molar-refractivity contribution is 4.48. The highest BCUT2D eigenvalue weighted by Crippen LogP contribution is 2.12. The van der Waals surface area contributed by atoms with Crippen LogP contribution in [0.2, 0.25) is 0 Å². The number of aliphatic hydroxyl groups is 1. The molecular weight excluding hydrogens is 314 g/mol. The van der Waals surface area contributed by atoms with Gasteiger partial charge in [0.1, 0.15) is 6.54 Å². The largest absolute Gasteiger partial charge is 1.00 e. The number of unbranched alkanes of at least 4 members (excludes halogenated alkanes) is 8. The predicted molar refractivity (Wildman–Crippen MR) is 85.4 cm³/mol. The van der Waals surface area contributed by atoms with Crippen LogP contribution in [0.3, 0.4) is 0 Å². The van der Waals surface area contributed by atoms with E-state index < -0.39 is 0 Å². The number of likely N-dealkylation sites (N-methyl/N-ethyl adjacent to an activating group) is 1. The summed E-state index contributed by atoms with van der Waals surface area (Å²) in [4.78, 5) is 0. The summed E-state index contributed by atoms with van der Waals surface area (Å²) in [5.41, 5.74) is 0. The van der Waals surface area contributed by atoms with Crippen LogP contribution in [-0.2, 0) is 0 Å². The Hall–Kier alpha value is 0.400. The molecule has 0 spiro atoms. The molecule has 124 valence electrons. The number of quaternary nitrogens is 1. The number of aliphatic hydroxyl groups excluding tert-OH is 1. The summed E-state index contributed by atoms with van der Waals surface area (Å²) in [6.07, 6.45) is 13.5. The Morgan fingerprint density at radius 2 is 1.05 bits per heavy atom. The molecule has 0 aliphatic heterocycles. The first kappa shape index (κ1) is 22.7. The first-order chi connectivity index (χ1) is 9.18. The molecule has 0 radical (unpaired) electrons. The fourth-order valence-corrected chi connectivity index (χ4v) is 2.77. The van der Waals surface area contributed by atoms with Crippen LogP contribution in [0.5, 0.6) is 0 Å². The first-order valence-corrected chi connectivity index (χ1v) is 8.63. The topological polar surface area (TPSA) is 20.2 Å². The zero-order valence-electron chi connectivity index (χ0n) is 14.2. The third kappa shape index (κ3) is 13.4. The van der Waals surface area contributed by atoms with E-state index in [0.29, 0.717) is 6.61 Å². The van der Waals surface area contributed by atoms with E-state index in [-0.39, 0.29) is 17.0 Å². The monoisotopic (exact) mass is 351 g/mol. The second-order valence-electron chi connectivity index (χ2n) is 6.34. The zero-order valence-corrected chi connectivity index (χ0v) is 15.8. The Morgan fingerprint density at radius 1 is 0.650 bits per heavy atom. The minimum absolute atomic E-state index is 0. The van der Waals surface area contributed by atoms with Crippen molar-refractivity contribution in [2.75, 3.05) is 33.3 Å². The number of halogens is 1. The molecule has 0 aliphatic carbocycles. The first-order valence-electron chi connectivity index (χ1n) is 8.63. The second-order valence-corrected chi connectivity index (χ2v) is 6.34. The smallest absolute Gasteiger partial charge is 0.102 e. The van der Waals surface area contributed by atoms with Gasteiger partial charge in [0, 0.05) is 0 Å². The minimum Gasteiger partial charge on any atom is -1.00 e. The van der Waals surface area contributed by atoms with E-state index in [1.807, 2.05) is 0 Å². The molecule has 3 heteroatoms. The number of hydrogen-bond acceptors (Lipinski definition) is 1. The summed E-state index contributed by atoms with van der Waals surface area (Å²) in [7, 11) is 2.33. The van der Waals surface area contributed by atoms with E-state index in [0.717, 1.165) is 11.0 Å². The molecule has 0 saturated carbocycles. The molecule has 1 N–H and O–H groups in total. The van der Waals surface area contributed by atoms with E-state index in [1.165, 1.54) is 77.3 Å². The third-order valence-corrected chi connectivity index (χ3v) is 4.24. The van der Waals surface area contributed by atoms with E-state index in [4.69, 9.17) is 0 Å². The SMILES string of the molecule is CCCCCCCC[N+](C)(CCO)CCCCCC.[Br-]. The molecule has 0 rings (SSSR count). The summed E-state index contributed by atoms with van der Waals surface area (Å²) < 4.78 is 1.08. The van der Waals surface area contributed by atoms with E-state index in [1.54, 1.807) is 0 Å². The summed E-state index contributed by atoms with van der Waals surface area (Å²) in [6, 6.07) is 0. The van der Waals surface area contributed by atoms with Gasteiger partial charge < -0.3 is 26.6 Å². The molecule has 0 aromatic rings. The van der Waals surface area contributed by atoms with E-state index in [2.05, 4.69) is 20.9 Å². The molecule has 1 atom stereocenters. The van der Waals surface area contributed by atoms with Crippen molar-refractivity contribution in [2.45, 2.75) is 78.1 Å². The van der Waals surface area contributed by atoms with Crippen LogP contribution in [0.4, 0.5) is 0 Å². The van der Waals surface area contributed by atoms with Gasteiger partial charge in [-0.2, -0.15) is 0 Å². The van der Waals surface area contributed by atoms with Gasteiger partial charge in [-0.15, -0.1) is 0 Å². The maximum absolute atomic E-state index is 9.26. The molecule has 0 bridgehead atoms. The van der Waals surface area contributed by atoms with Gasteiger partial charge in [0.25, 0.3) is 0 Å². The summed E-state index contributed by atoms with van der Waals surface area (Å²) in [5.74, 6) is 0. The molecule has 0 amide bonds. The number of hydrogen-bond donors (Lipinski definition) is 1. The lowest BCUT2D eigenvalue weighted by Gasteiger charge is -2.34. The normalized spacial score (nSPS) is 13.8. The van der Waals surface area contributed by atoms with Crippen molar-refractivity contribution in [2.24, 2.45) is 0 Å². The lowest BCUT2D eigenvalue weighted by Crippen LogP contribution is -3.00. The van der Waals surface area contributed by atoms with Crippen LogP contribution in [0, 0.1) is 0 Å². The van der Waals surface area contributed by atoms with E-state index in [9.17, 15) is 5.11 Å². The third-order valence-electron chi connectivity index (χ3n) is 4.24. The standard InChI is InChI=1S/C17H38NO.BrH/c1-4-6-8-10-11-13-15-18(3,16-17-19)14-12-9-7-5-2;/h19H,4-17H2,1-3H3;1H/q+1;/p-1. The van der Waals surface area contributed by atoms with Gasteiger partial charge in [0.05, 0.1) is 26.7 Å². The van der Waals surface area contributed by atoms with Crippen molar-refractivity contribution in [3.8, 4) is 0 Å². The number of rotatable bonds is 14. The molecule has 0 aromatic carbocycles. The quantitative estimate of drug-likeness (QED) is 0.370. The average molecular weight is 352 g/mol. The second kappa shape index (κ2) is 15.8. The molecule has 1 unspecified atom stereocenters. The van der Waals surface area contributed by atoms with Gasteiger partial charge >= 0.3 is 0 Å². The highest BCUT2D eigenvalue weighted by Gasteiger charge is 2.19. The Morgan fingerprint density at radius 3 is 1.50 bits per heavy atom. The van der Waals surface area contributed by atoms with Crippen LogP contribution >= 0.6 is 0 Å². The summed E-state index contributed by atoms with van der Waals surface area (Å²) >= 11 is 0. The summed E-state index contributed by atoms with van der Waals surface area (Å²) in [6.45, 7) is 8.29. The van der Waals surface area contributed by atoms with Gasteiger partial charge in [-0.05, 0) is 25.7 Å². The van der Waals surface area contributed by atoms with Gasteiger partial charge in [0.15, 0.2) is 0 Å². The van der Waals surface area contributed by atoms with Crippen LogP contribution in [0.1, 0.15) is 78.1 Å². The molecule has 0 fully saturated rings. The Balaban J connectivity index is 0. The Bertz CT molecular complexity index is 190. The molecular formula is C17H38BrNO. The van der Waals surface area contributed by atoms with E-state index >= 15 is 0 Å². The van der Waals surface area contributed by atoms with Crippen molar-refractivity contribution in [3.63, 3.8) is 0 Å². The van der Waals surface area contributed by atoms with Crippen molar-refractivity contribution in [3.05, 3.63) is 0 Å². The van der Waals surface area contributed by atoms with Crippen LogP contribution in [-0.4, -0.2) is 42.9 Å². The predicted octanol–water partition coefficient (Wildman–Crippen LogP) is 1.37. The van der Waals surface area contributed by atoms with Crippen LogP contribution in [0.15, 0.2) is 0 Å². The highest BCUT2D eigenvalue weighted by atomic mass is 79.9. The molecule has 20 heavy (non-hydrogen) atoms. The van der Waals surface area contributed by atoms with Crippen molar-refractivity contribution in [1.29, 1.82) is 0 Å². The van der Waals surface area contributed by atoms with Crippen molar-refractivity contribution in [1.82, 2.24) is 0 Å². The summed E-state index contributed by atoms with van der Waals surface area (Å²) in [5, 5.41) is 9.26. The number of nitrogens with zero attached hydrogens (tertiary/aromatic N) is 1. The minimum atomic E-state index is 0. The average Bonchev–Trinajstić information content (AvgIpc) is 2.39. The molecule has 0 heterocycles.